The molecule has 11 nitrogen and oxygen atoms in total. The Hall–Kier alpha value is -4.70. The average Bonchev–Trinajstić information content (AvgIpc) is 3.21. The Morgan fingerprint density at radius 3 is 1.07 bits per heavy atom. The number of hydrogen-bond donors (Lipinski definition) is 0. The normalized spacial score (nSPS) is 12.5. The molecule has 0 heterocycles. The van der Waals surface area contributed by atoms with Crippen LogP contribution in [0.2, 0.25) is 0 Å². The van der Waals surface area contributed by atoms with Gasteiger partial charge >= 0.3 is 13.8 Å². The van der Waals surface area contributed by atoms with Crippen LogP contribution in [-0.2, 0) is 22.9 Å². The maximum absolute atomic E-state index is 13.0. The third-order valence-corrected chi connectivity index (χ3v) is 10.1. The standard InChI is InChI=1S/C44H57N4O7P/c1-38(49)55-56(50,53-36-20-10-6-2-4-8-18-34-51-43-30-26-41(27-31-43)47-45-39-22-14-12-15-23-39)54-37-21-11-7-3-5-9-19-35-52-44-32-28-42(29-33-44)48-46-40-24-16-13-17-25-40/h12-17,22-33H,2-11,18-21,34-37H2,1H3. The van der Waals surface area contributed by atoms with Gasteiger partial charge in [-0.2, -0.15) is 20.5 Å². The van der Waals surface area contributed by atoms with Crippen LogP contribution in [0.3, 0.4) is 0 Å². The fraction of sp³-hybridized carbons (Fsp3) is 0.432. The fourth-order valence-electron chi connectivity index (χ4n) is 5.59. The van der Waals surface area contributed by atoms with Crippen LogP contribution in [0.15, 0.2) is 130 Å². The molecule has 4 aromatic carbocycles. The van der Waals surface area contributed by atoms with Crippen molar-refractivity contribution < 1.29 is 32.4 Å². The lowest BCUT2D eigenvalue weighted by Crippen LogP contribution is -2.06. The van der Waals surface area contributed by atoms with Crippen molar-refractivity contribution >= 4 is 36.5 Å². The van der Waals surface area contributed by atoms with Gasteiger partial charge in [-0.3, -0.25) is 13.8 Å². The van der Waals surface area contributed by atoms with Gasteiger partial charge in [-0.05, 0) is 98.5 Å². The second kappa shape index (κ2) is 27.0. The first-order valence-corrected chi connectivity index (χ1v) is 21.4. The molecule has 56 heavy (non-hydrogen) atoms. The molecule has 0 unspecified atom stereocenters. The molecule has 0 aliphatic carbocycles. The van der Waals surface area contributed by atoms with Crippen LogP contribution in [-0.4, -0.2) is 32.4 Å². The summed E-state index contributed by atoms with van der Waals surface area (Å²) in [4.78, 5) is 11.6. The molecule has 0 aromatic heterocycles. The third kappa shape index (κ3) is 19.8. The van der Waals surface area contributed by atoms with E-state index in [1.54, 1.807) is 0 Å². The van der Waals surface area contributed by atoms with E-state index in [0.717, 1.165) is 124 Å². The molecule has 12 heteroatoms. The van der Waals surface area contributed by atoms with Gasteiger partial charge < -0.3 is 14.0 Å². The van der Waals surface area contributed by atoms with Gasteiger partial charge in [0.25, 0.3) is 0 Å². The van der Waals surface area contributed by atoms with Crippen LogP contribution in [0, 0.1) is 0 Å². The van der Waals surface area contributed by atoms with Crippen molar-refractivity contribution in [3.8, 4) is 11.5 Å². The van der Waals surface area contributed by atoms with Gasteiger partial charge in [0.1, 0.15) is 11.5 Å². The second-order valence-electron chi connectivity index (χ2n) is 13.4. The summed E-state index contributed by atoms with van der Waals surface area (Å²) in [6.07, 6.45) is 14.0. The summed E-state index contributed by atoms with van der Waals surface area (Å²) in [5.74, 6) is 0.976. The number of phosphoric ester groups is 1. The van der Waals surface area contributed by atoms with E-state index in [2.05, 4.69) is 20.5 Å². The van der Waals surface area contributed by atoms with Gasteiger partial charge in [-0.15, -0.1) is 0 Å². The highest BCUT2D eigenvalue weighted by molar-refractivity contribution is 7.49. The lowest BCUT2D eigenvalue weighted by atomic mass is 10.1. The van der Waals surface area contributed by atoms with E-state index in [1.807, 2.05) is 109 Å². The van der Waals surface area contributed by atoms with Crippen molar-refractivity contribution in [2.75, 3.05) is 26.4 Å². The van der Waals surface area contributed by atoms with Crippen molar-refractivity contribution in [1.29, 1.82) is 0 Å². The van der Waals surface area contributed by atoms with Crippen molar-refractivity contribution in [1.82, 2.24) is 0 Å². The van der Waals surface area contributed by atoms with Gasteiger partial charge in [0.15, 0.2) is 0 Å². The zero-order valence-electron chi connectivity index (χ0n) is 32.7. The van der Waals surface area contributed by atoms with Gasteiger partial charge in [0.2, 0.25) is 0 Å². The zero-order valence-corrected chi connectivity index (χ0v) is 33.6. The molecule has 0 fully saturated rings. The Kier molecular flexibility index (Phi) is 21.2. The molecule has 0 atom stereocenters. The van der Waals surface area contributed by atoms with Crippen LogP contribution in [0.4, 0.5) is 22.7 Å². The summed E-state index contributed by atoms with van der Waals surface area (Å²) in [5.41, 5.74) is 3.20. The van der Waals surface area contributed by atoms with Crippen molar-refractivity contribution in [2.24, 2.45) is 20.5 Å². The van der Waals surface area contributed by atoms with E-state index in [9.17, 15) is 9.36 Å². The van der Waals surface area contributed by atoms with Gasteiger partial charge in [-0.25, -0.2) is 4.57 Å². The number of azo groups is 2. The number of nitrogens with zero attached hydrogens (tertiary/aromatic N) is 4. The molecule has 0 bridgehead atoms. The number of rotatable bonds is 29. The lowest BCUT2D eigenvalue weighted by molar-refractivity contribution is -0.133. The minimum atomic E-state index is -3.91. The number of benzene rings is 4. The second-order valence-corrected chi connectivity index (χ2v) is 15.0. The van der Waals surface area contributed by atoms with E-state index in [-0.39, 0.29) is 13.2 Å². The molecule has 300 valence electrons. The molecular weight excluding hydrogens is 727 g/mol. The molecule has 0 N–H and O–H groups in total. The van der Waals surface area contributed by atoms with Gasteiger partial charge in [-0.1, -0.05) is 101 Å². The highest BCUT2D eigenvalue weighted by Crippen LogP contribution is 2.50. The number of ether oxygens (including phenoxy) is 2. The van der Waals surface area contributed by atoms with Crippen LogP contribution in [0.5, 0.6) is 11.5 Å². The van der Waals surface area contributed by atoms with Crippen LogP contribution in [0.1, 0.15) is 96.8 Å². The van der Waals surface area contributed by atoms with Crippen LogP contribution < -0.4 is 9.47 Å². The molecule has 0 aliphatic rings. The van der Waals surface area contributed by atoms with Crippen LogP contribution in [0.25, 0.3) is 0 Å². The van der Waals surface area contributed by atoms with E-state index in [1.165, 1.54) is 6.92 Å². The highest BCUT2D eigenvalue weighted by atomic mass is 31.2. The molecule has 0 aliphatic heterocycles. The Labute approximate surface area is 332 Å². The first-order valence-electron chi connectivity index (χ1n) is 20.0. The number of hydrogen-bond acceptors (Lipinski definition) is 11. The summed E-state index contributed by atoms with van der Waals surface area (Å²) in [5, 5.41) is 17.0. The largest absolute Gasteiger partial charge is 0.532 e. The molecule has 0 saturated heterocycles. The Bertz CT molecular complexity index is 1620. The van der Waals surface area contributed by atoms with E-state index in [0.29, 0.717) is 13.2 Å². The predicted octanol–water partition coefficient (Wildman–Crippen LogP) is 14.1. The minimum absolute atomic E-state index is 0.223. The first-order chi connectivity index (χ1) is 27.5. The average molecular weight is 785 g/mol. The molecule has 0 spiro atoms. The maximum Gasteiger partial charge on any atom is 0.532 e. The molecule has 4 rings (SSSR count). The lowest BCUT2D eigenvalue weighted by Gasteiger charge is -2.16. The minimum Gasteiger partial charge on any atom is -0.494 e. The molecule has 0 amide bonds. The predicted molar refractivity (Wildman–Crippen MR) is 221 cm³/mol. The van der Waals surface area contributed by atoms with Crippen molar-refractivity contribution in [2.45, 2.75) is 96.8 Å². The SMILES string of the molecule is CC(=O)OP(=O)(OCCCCCCCCCOc1ccc(N=Nc2ccccc2)cc1)OCCCCCCCCCOc1ccc(N=Nc2ccccc2)cc1. The van der Waals surface area contributed by atoms with Crippen molar-refractivity contribution in [3.05, 3.63) is 109 Å². The summed E-state index contributed by atoms with van der Waals surface area (Å²) in [6, 6.07) is 34.5. The number of carbonyl (C=O) groups is 1. The highest BCUT2D eigenvalue weighted by Gasteiger charge is 2.29. The molecule has 4 aromatic rings. The first kappa shape index (κ1) is 44.0. The van der Waals surface area contributed by atoms with Gasteiger partial charge in [0, 0.05) is 6.92 Å². The Balaban J connectivity index is 0.933. The maximum atomic E-state index is 13.0. The number of unbranched alkanes of at least 4 members (excludes halogenated alkanes) is 12. The van der Waals surface area contributed by atoms with Crippen molar-refractivity contribution in [3.63, 3.8) is 0 Å². The fourth-order valence-corrected chi connectivity index (χ4v) is 6.79. The number of phosphoric acid groups is 1. The summed E-state index contributed by atoms with van der Waals surface area (Å²) >= 11 is 0. The van der Waals surface area contributed by atoms with Gasteiger partial charge in [0.05, 0.1) is 49.2 Å². The smallest absolute Gasteiger partial charge is 0.494 e. The monoisotopic (exact) mass is 784 g/mol. The van der Waals surface area contributed by atoms with Crippen LogP contribution >= 0.6 is 7.82 Å². The topological polar surface area (TPSA) is 130 Å². The Morgan fingerprint density at radius 1 is 0.429 bits per heavy atom. The zero-order chi connectivity index (χ0) is 39.4. The molecule has 0 saturated carbocycles. The number of carbonyl (C=O) groups excluding carboxylic acids is 1. The summed E-state index contributed by atoms with van der Waals surface area (Å²) < 4.78 is 40.6. The summed E-state index contributed by atoms with van der Waals surface area (Å²) in [7, 11) is -3.91. The molecule has 0 radical (unpaired) electrons. The molecular formula is C44H57N4O7P. The summed E-state index contributed by atoms with van der Waals surface area (Å²) in [6.45, 7) is 3.00. The Morgan fingerprint density at radius 2 is 0.732 bits per heavy atom. The van der Waals surface area contributed by atoms with E-state index < -0.39 is 13.8 Å². The quantitative estimate of drug-likeness (QED) is 0.0304. The van der Waals surface area contributed by atoms with E-state index >= 15 is 0 Å². The third-order valence-electron chi connectivity index (χ3n) is 8.60. The van der Waals surface area contributed by atoms with E-state index in [4.69, 9.17) is 23.0 Å².